The van der Waals surface area contributed by atoms with E-state index in [0.29, 0.717) is 18.4 Å². The minimum absolute atomic E-state index is 0.354. The molecular weight excluding hydrogens is 390 g/mol. The van der Waals surface area contributed by atoms with Crippen molar-refractivity contribution in [3.8, 4) is 0 Å². The highest BCUT2D eigenvalue weighted by atomic mass is 16.6. The Morgan fingerprint density at radius 3 is 2.13 bits per heavy atom. The van der Waals surface area contributed by atoms with Gasteiger partial charge in [-0.25, -0.2) is 9.59 Å². The van der Waals surface area contributed by atoms with Crippen LogP contribution in [0, 0.1) is 11.8 Å². The maximum atomic E-state index is 12.8. The number of hydrogen-bond donors (Lipinski definition) is 2. The van der Waals surface area contributed by atoms with Gasteiger partial charge in [0.25, 0.3) is 5.91 Å². The second-order valence-corrected chi connectivity index (χ2v) is 7.52. The summed E-state index contributed by atoms with van der Waals surface area (Å²) in [6.07, 6.45) is 1.61. The molecule has 0 bridgehead atoms. The molecule has 0 aromatic heterocycles. The number of nitrogens with one attached hydrogen (secondary N) is 2. The molecule has 1 heterocycles. The van der Waals surface area contributed by atoms with E-state index in [9.17, 15) is 24.0 Å². The molecule has 1 aromatic rings. The van der Waals surface area contributed by atoms with Crippen molar-refractivity contribution in [1.82, 2.24) is 15.5 Å². The highest BCUT2D eigenvalue weighted by Crippen LogP contribution is 2.39. The van der Waals surface area contributed by atoms with Crippen molar-refractivity contribution in [3.05, 3.63) is 35.9 Å². The molecule has 0 unspecified atom stereocenters. The lowest BCUT2D eigenvalue weighted by Crippen LogP contribution is -2.46. The van der Waals surface area contributed by atoms with Crippen LogP contribution in [0.15, 0.2) is 30.3 Å². The number of carbonyl (C=O) groups excluding carboxylic acids is 5. The fraction of sp³-hybridized carbons (Fsp3) is 0.476. The molecule has 0 spiro atoms. The van der Waals surface area contributed by atoms with E-state index in [1.165, 1.54) is 14.0 Å². The topological polar surface area (TPSA) is 122 Å². The lowest BCUT2D eigenvalue weighted by atomic mass is 9.81. The van der Waals surface area contributed by atoms with E-state index in [2.05, 4.69) is 10.6 Å². The maximum Gasteiger partial charge on any atom is 0.330 e. The van der Waals surface area contributed by atoms with E-state index in [4.69, 9.17) is 4.74 Å². The Labute approximate surface area is 174 Å². The van der Waals surface area contributed by atoms with Crippen molar-refractivity contribution >= 4 is 29.7 Å². The minimum Gasteiger partial charge on any atom is -0.446 e. The Morgan fingerprint density at radius 1 is 1.03 bits per heavy atom. The van der Waals surface area contributed by atoms with E-state index in [1.807, 2.05) is 0 Å². The van der Waals surface area contributed by atoms with Crippen LogP contribution in [0.1, 0.15) is 44.3 Å². The number of likely N-dealkylation sites (tertiary alicyclic amines) is 1. The lowest BCUT2D eigenvalue weighted by molar-refractivity contribution is -0.165. The first kappa shape index (κ1) is 21.5. The quantitative estimate of drug-likeness (QED) is 0.552. The molecule has 1 aliphatic carbocycles. The molecule has 3 rings (SSSR count). The van der Waals surface area contributed by atoms with Crippen LogP contribution in [0.2, 0.25) is 0 Å². The van der Waals surface area contributed by atoms with Crippen LogP contribution < -0.4 is 10.6 Å². The third-order valence-electron chi connectivity index (χ3n) is 5.64. The zero-order valence-electron chi connectivity index (χ0n) is 16.9. The van der Waals surface area contributed by atoms with E-state index < -0.39 is 30.1 Å². The zero-order valence-corrected chi connectivity index (χ0v) is 16.9. The van der Waals surface area contributed by atoms with Gasteiger partial charge in [0.1, 0.15) is 6.04 Å². The monoisotopic (exact) mass is 415 g/mol. The van der Waals surface area contributed by atoms with Gasteiger partial charge in [0.15, 0.2) is 0 Å². The summed E-state index contributed by atoms with van der Waals surface area (Å²) in [6.45, 7) is 1.41. The molecule has 0 radical (unpaired) electrons. The van der Waals surface area contributed by atoms with Crippen LogP contribution in [0.4, 0.5) is 4.79 Å². The highest BCUT2D eigenvalue weighted by Gasteiger charge is 2.51. The molecule has 1 aromatic carbocycles. The van der Waals surface area contributed by atoms with Crippen LogP contribution in [0.3, 0.4) is 0 Å². The van der Waals surface area contributed by atoms with Crippen molar-refractivity contribution in [2.24, 2.45) is 11.8 Å². The van der Waals surface area contributed by atoms with Crippen LogP contribution in [-0.4, -0.2) is 47.7 Å². The van der Waals surface area contributed by atoms with Crippen molar-refractivity contribution in [2.75, 3.05) is 7.05 Å². The van der Waals surface area contributed by atoms with Crippen molar-refractivity contribution < 1.29 is 28.7 Å². The van der Waals surface area contributed by atoms with Crippen molar-refractivity contribution in [3.63, 3.8) is 0 Å². The standard InChI is InChI=1S/C21H25N3O6/c1-12(24-18(26)14-10-6-7-11-15(14)19(24)27)20(28)30-16(13-8-4-3-5-9-13)17(25)23-21(29)22-2/h3-5,8-9,12,14-16H,6-7,10-11H2,1-2H3,(H2,22,23,25,29)/t12-,14-,15+,16-/m0/s1. The molecule has 2 N–H and O–H groups in total. The number of benzene rings is 1. The number of urea groups is 1. The first-order valence-corrected chi connectivity index (χ1v) is 10.00. The molecule has 1 aliphatic heterocycles. The maximum absolute atomic E-state index is 12.8. The fourth-order valence-corrected chi connectivity index (χ4v) is 4.03. The third-order valence-corrected chi connectivity index (χ3v) is 5.64. The average molecular weight is 415 g/mol. The summed E-state index contributed by atoms with van der Waals surface area (Å²) in [4.78, 5) is 63.3. The zero-order chi connectivity index (χ0) is 21.8. The first-order valence-electron chi connectivity index (χ1n) is 10.00. The van der Waals surface area contributed by atoms with Crippen LogP contribution in [0.5, 0.6) is 0 Å². The number of imide groups is 2. The van der Waals surface area contributed by atoms with Crippen LogP contribution in [0.25, 0.3) is 0 Å². The van der Waals surface area contributed by atoms with Crippen LogP contribution >= 0.6 is 0 Å². The normalized spacial score (nSPS) is 22.7. The number of fused-ring (bicyclic) bond motifs is 1. The van der Waals surface area contributed by atoms with Gasteiger partial charge in [0.05, 0.1) is 11.8 Å². The molecule has 30 heavy (non-hydrogen) atoms. The van der Waals surface area contributed by atoms with Crippen molar-refractivity contribution in [1.29, 1.82) is 0 Å². The molecule has 2 aliphatic rings. The molecule has 9 nitrogen and oxygen atoms in total. The summed E-state index contributed by atoms with van der Waals surface area (Å²) < 4.78 is 5.39. The first-order chi connectivity index (χ1) is 14.3. The van der Waals surface area contributed by atoms with E-state index in [1.54, 1.807) is 30.3 Å². The van der Waals surface area contributed by atoms with Gasteiger partial charge in [-0.1, -0.05) is 43.2 Å². The smallest absolute Gasteiger partial charge is 0.330 e. The summed E-state index contributed by atoms with van der Waals surface area (Å²) in [5.41, 5.74) is 0.354. The van der Waals surface area contributed by atoms with Crippen LogP contribution in [-0.2, 0) is 23.9 Å². The van der Waals surface area contributed by atoms with E-state index >= 15 is 0 Å². The number of hydrogen-bond acceptors (Lipinski definition) is 6. The van der Waals surface area contributed by atoms with Gasteiger partial charge < -0.3 is 10.1 Å². The highest BCUT2D eigenvalue weighted by molar-refractivity contribution is 6.08. The third kappa shape index (κ3) is 4.19. The Hall–Kier alpha value is -3.23. The summed E-state index contributed by atoms with van der Waals surface area (Å²) in [7, 11) is 1.35. The summed E-state index contributed by atoms with van der Waals surface area (Å²) in [6, 6.07) is 6.27. The van der Waals surface area contributed by atoms with Gasteiger partial charge in [-0.3, -0.25) is 24.6 Å². The molecule has 2 fully saturated rings. The SMILES string of the molecule is CNC(=O)NC(=O)[C@@H](OC(=O)[C@H](C)N1C(=O)[C@H]2CCCC[C@H]2C1=O)c1ccccc1. The Balaban J connectivity index is 1.78. The van der Waals surface area contributed by atoms with Gasteiger partial charge >= 0.3 is 12.0 Å². The Bertz CT molecular complexity index is 832. The lowest BCUT2D eigenvalue weighted by Gasteiger charge is -2.24. The second kappa shape index (κ2) is 9.06. The van der Waals surface area contributed by atoms with Gasteiger partial charge in [-0.05, 0) is 19.8 Å². The largest absolute Gasteiger partial charge is 0.446 e. The molecule has 9 heteroatoms. The number of ether oxygens (including phenoxy) is 1. The molecule has 1 saturated carbocycles. The number of carbonyl (C=O) groups is 5. The summed E-state index contributed by atoms with van der Waals surface area (Å²) >= 11 is 0. The second-order valence-electron chi connectivity index (χ2n) is 7.52. The van der Waals surface area contributed by atoms with Gasteiger partial charge in [0, 0.05) is 12.6 Å². The minimum atomic E-state index is -1.41. The predicted octanol–water partition coefficient (Wildman–Crippen LogP) is 1.29. The molecule has 5 amide bonds. The van der Waals surface area contributed by atoms with Gasteiger partial charge in [-0.2, -0.15) is 0 Å². The number of esters is 1. The summed E-state index contributed by atoms with van der Waals surface area (Å²) in [5, 5.41) is 4.34. The van der Waals surface area contributed by atoms with Gasteiger partial charge in [-0.15, -0.1) is 0 Å². The molecule has 1 saturated heterocycles. The number of rotatable bonds is 5. The van der Waals surface area contributed by atoms with Crippen molar-refractivity contribution in [2.45, 2.75) is 44.8 Å². The Kier molecular flexibility index (Phi) is 6.49. The molecule has 4 atom stereocenters. The van der Waals surface area contributed by atoms with Gasteiger partial charge in [0.2, 0.25) is 17.9 Å². The number of nitrogens with zero attached hydrogens (tertiary/aromatic N) is 1. The van der Waals surface area contributed by atoms with E-state index in [0.717, 1.165) is 17.7 Å². The molecule has 160 valence electrons. The predicted molar refractivity (Wildman–Crippen MR) is 105 cm³/mol. The molecular formula is C21H25N3O6. The fourth-order valence-electron chi connectivity index (χ4n) is 4.03. The number of amides is 5. The summed E-state index contributed by atoms with van der Waals surface area (Å²) in [5.74, 6) is -3.23. The van der Waals surface area contributed by atoms with E-state index in [-0.39, 0.29) is 23.7 Å². The Morgan fingerprint density at radius 2 is 1.60 bits per heavy atom. The average Bonchev–Trinajstić information content (AvgIpc) is 3.02.